The van der Waals surface area contributed by atoms with Gasteiger partial charge in [0.1, 0.15) is 0 Å². The van der Waals surface area contributed by atoms with Crippen molar-refractivity contribution in [1.29, 1.82) is 0 Å². The fourth-order valence-electron chi connectivity index (χ4n) is 1.66. The molecule has 1 aromatic carbocycles. The van der Waals surface area contributed by atoms with Gasteiger partial charge in [-0.05, 0) is 34.5 Å². The third-order valence-electron chi connectivity index (χ3n) is 2.76. The van der Waals surface area contributed by atoms with Gasteiger partial charge in [-0.2, -0.15) is 11.3 Å². The molecule has 5 heteroatoms. The molecule has 1 atom stereocenters. The summed E-state index contributed by atoms with van der Waals surface area (Å²) in [5.41, 5.74) is 0.856. The fraction of sp³-hybridized carbons (Fsp3) is 0.267. The van der Waals surface area contributed by atoms with Gasteiger partial charge in [0.05, 0.1) is 6.10 Å². The zero-order chi connectivity index (χ0) is 14.2. The number of carbonyl (C=O) groups is 1. The van der Waals surface area contributed by atoms with Crippen molar-refractivity contribution in [2.45, 2.75) is 17.4 Å². The average Bonchev–Trinajstić information content (AvgIpc) is 3.00. The van der Waals surface area contributed by atoms with Gasteiger partial charge < -0.3 is 10.4 Å². The molecule has 2 aromatic rings. The van der Waals surface area contributed by atoms with Gasteiger partial charge in [-0.15, -0.1) is 11.8 Å². The van der Waals surface area contributed by atoms with Crippen molar-refractivity contribution >= 4 is 29.0 Å². The van der Waals surface area contributed by atoms with E-state index in [0.29, 0.717) is 6.42 Å². The number of carbonyl (C=O) groups excluding carboxylic acids is 1. The number of thioether (sulfide) groups is 1. The molecule has 0 aliphatic heterocycles. The average molecular weight is 307 g/mol. The van der Waals surface area contributed by atoms with Gasteiger partial charge in [0.2, 0.25) is 5.91 Å². The molecule has 2 N–H and O–H groups in total. The number of benzene rings is 1. The third kappa shape index (κ3) is 5.00. The Morgan fingerprint density at radius 1 is 1.30 bits per heavy atom. The monoisotopic (exact) mass is 307 g/mol. The van der Waals surface area contributed by atoms with Crippen LogP contribution in [-0.2, 0) is 4.79 Å². The molecule has 1 heterocycles. The SMILES string of the molecule is O=C(CCSc1ccccc1)NC[C@@H](O)c1ccsc1. The molecule has 0 saturated carbocycles. The van der Waals surface area contributed by atoms with E-state index < -0.39 is 6.10 Å². The van der Waals surface area contributed by atoms with Crippen LogP contribution in [0.25, 0.3) is 0 Å². The maximum Gasteiger partial charge on any atom is 0.220 e. The summed E-state index contributed by atoms with van der Waals surface area (Å²) in [7, 11) is 0. The quantitative estimate of drug-likeness (QED) is 0.773. The summed E-state index contributed by atoms with van der Waals surface area (Å²) in [6.07, 6.45) is -0.164. The van der Waals surface area contributed by atoms with Gasteiger partial charge in [0, 0.05) is 23.6 Å². The number of nitrogens with one attached hydrogen (secondary N) is 1. The number of hydrogen-bond acceptors (Lipinski definition) is 4. The van der Waals surface area contributed by atoms with Crippen molar-refractivity contribution in [1.82, 2.24) is 5.32 Å². The summed E-state index contributed by atoms with van der Waals surface area (Å²) in [5, 5.41) is 16.4. The molecule has 0 spiro atoms. The normalized spacial score (nSPS) is 12.1. The molecule has 20 heavy (non-hydrogen) atoms. The lowest BCUT2D eigenvalue weighted by Crippen LogP contribution is -2.28. The first-order valence-electron chi connectivity index (χ1n) is 6.40. The lowest BCUT2D eigenvalue weighted by atomic mass is 10.2. The molecular weight excluding hydrogens is 290 g/mol. The summed E-state index contributed by atoms with van der Waals surface area (Å²) in [6.45, 7) is 0.269. The lowest BCUT2D eigenvalue weighted by molar-refractivity contribution is -0.121. The Morgan fingerprint density at radius 3 is 2.80 bits per heavy atom. The maximum absolute atomic E-state index is 11.7. The van der Waals surface area contributed by atoms with Crippen LogP contribution in [-0.4, -0.2) is 23.3 Å². The molecule has 0 aliphatic carbocycles. The first kappa shape index (κ1) is 15.1. The topological polar surface area (TPSA) is 49.3 Å². The molecule has 0 radical (unpaired) electrons. The smallest absolute Gasteiger partial charge is 0.220 e. The highest BCUT2D eigenvalue weighted by Crippen LogP contribution is 2.18. The van der Waals surface area contributed by atoms with E-state index in [9.17, 15) is 9.90 Å². The molecule has 3 nitrogen and oxygen atoms in total. The van der Waals surface area contributed by atoms with Crippen molar-refractivity contribution in [3.63, 3.8) is 0 Å². The van der Waals surface area contributed by atoms with Crippen LogP contribution in [0, 0.1) is 0 Å². The Balaban J connectivity index is 1.63. The second-order valence-corrected chi connectivity index (χ2v) is 6.24. The Hall–Kier alpha value is -1.30. The van der Waals surface area contributed by atoms with E-state index in [0.717, 1.165) is 11.3 Å². The molecule has 106 valence electrons. The Bertz CT molecular complexity index is 514. The van der Waals surface area contributed by atoms with Gasteiger partial charge in [-0.3, -0.25) is 4.79 Å². The largest absolute Gasteiger partial charge is 0.387 e. The predicted molar refractivity (Wildman–Crippen MR) is 84.1 cm³/mol. The van der Waals surface area contributed by atoms with E-state index in [2.05, 4.69) is 5.32 Å². The maximum atomic E-state index is 11.7. The van der Waals surface area contributed by atoms with Crippen molar-refractivity contribution in [2.75, 3.05) is 12.3 Å². The summed E-state index contributed by atoms with van der Waals surface area (Å²) >= 11 is 3.20. The van der Waals surface area contributed by atoms with Crippen LogP contribution in [0.3, 0.4) is 0 Å². The van der Waals surface area contributed by atoms with E-state index >= 15 is 0 Å². The number of aliphatic hydroxyl groups is 1. The Labute approximate surface area is 127 Å². The van der Waals surface area contributed by atoms with Crippen LogP contribution >= 0.6 is 23.1 Å². The Kier molecular flexibility index (Phi) is 6.11. The third-order valence-corrected chi connectivity index (χ3v) is 4.48. The van der Waals surface area contributed by atoms with Gasteiger partial charge in [0.15, 0.2) is 0 Å². The van der Waals surface area contributed by atoms with E-state index in [1.807, 2.05) is 47.2 Å². The van der Waals surface area contributed by atoms with Crippen LogP contribution in [0.15, 0.2) is 52.1 Å². The highest BCUT2D eigenvalue weighted by Gasteiger charge is 2.09. The Morgan fingerprint density at radius 2 is 2.10 bits per heavy atom. The zero-order valence-electron chi connectivity index (χ0n) is 11.0. The predicted octanol–water partition coefficient (Wildman–Crippen LogP) is 3.08. The van der Waals surface area contributed by atoms with Gasteiger partial charge >= 0.3 is 0 Å². The number of rotatable bonds is 7. The zero-order valence-corrected chi connectivity index (χ0v) is 12.6. The molecule has 0 saturated heterocycles. The minimum atomic E-state index is -0.619. The molecule has 0 bridgehead atoms. The minimum Gasteiger partial charge on any atom is -0.387 e. The number of amides is 1. The minimum absolute atomic E-state index is 0.0253. The summed E-state index contributed by atoms with van der Waals surface area (Å²) < 4.78 is 0. The van der Waals surface area contributed by atoms with Gasteiger partial charge in [-0.1, -0.05) is 18.2 Å². The fourth-order valence-corrected chi connectivity index (χ4v) is 3.24. The summed E-state index contributed by atoms with van der Waals surface area (Å²) in [6, 6.07) is 11.9. The van der Waals surface area contributed by atoms with Crippen molar-refractivity contribution in [3.8, 4) is 0 Å². The lowest BCUT2D eigenvalue weighted by Gasteiger charge is -2.10. The van der Waals surface area contributed by atoms with E-state index in [1.165, 1.54) is 16.2 Å². The molecule has 1 amide bonds. The summed E-state index contributed by atoms with van der Waals surface area (Å²) in [5.74, 6) is 0.715. The standard InChI is InChI=1S/C15H17NO2S2/c17-14(12-6-8-19-11-12)10-16-15(18)7-9-20-13-4-2-1-3-5-13/h1-6,8,11,14,17H,7,9-10H2,(H,16,18)/t14-/m1/s1. The van der Waals surface area contributed by atoms with Crippen LogP contribution in [0.4, 0.5) is 0 Å². The van der Waals surface area contributed by atoms with E-state index in [4.69, 9.17) is 0 Å². The number of aliphatic hydroxyl groups excluding tert-OH is 1. The first-order chi connectivity index (χ1) is 9.75. The number of thiophene rings is 1. The molecule has 2 rings (SSSR count). The highest BCUT2D eigenvalue weighted by molar-refractivity contribution is 7.99. The number of hydrogen-bond donors (Lipinski definition) is 2. The second kappa shape index (κ2) is 8.09. The molecular formula is C15H17NO2S2. The summed E-state index contributed by atoms with van der Waals surface area (Å²) in [4.78, 5) is 12.8. The molecule has 0 fully saturated rings. The molecule has 0 unspecified atom stereocenters. The van der Waals surface area contributed by atoms with Crippen LogP contribution < -0.4 is 5.32 Å². The molecule has 0 aliphatic rings. The van der Waals surface area contributed by atoms with Crippen LogP contribution in [0.2, 0.25) is 0 Å². The van der Waals surface area contributed by atoms with Crippen molar-refractivity contribution in [3.05, 3.63) is 52.7 Å². The first-order valence-corrected chi connectivity index (χ1v) is 8.33. The second-order valence-electron chi connectivity index (χ2n) is 4.29. The highest BCUT2D eigenvalue weighted by atomic mass is 32.2. The molecule has 1 aromatic heterocycles. The van der Waals surface area contributed by atoms with Gasteiger partial charge in [0.25, 0.3) is 0 Å². The van der Waals surface area contributed by atoms with Crippen LogP contribution in [0.5, 0.6) is 0 Å². The van der Waals surface area contributed by atoms with Crippen LogP contribution in [0.1, 0.15) is 18.1 Å². The van der Waals surface area contributed by atoms with Crippen molar-refractivity contribution in [2.24, 2.45) is 0 Å². The van der Waals surface area contributed by atoms with Gasteiger partial charge in [-0.25, -0.2) is 0 Å². The van der Waals surface area contributed by atoms with E-state index in [1.54, 1.807) is 11.8 Å². The van der Waals surface area contributed by atoms with E-state index in [-0.39, 0.29) is 12.5 Å². The van der Waals surface area contributed by atoms with Crippen molar-refractivity contribution < 1.29 is 9.90 Å².